The molecule has 0 spiro atoms. The molecule has 1 N–H and O–H groups in total. The summed E-state index contributed by atoms with van der Waals surface area (Å²) in [6, 6.07) is 0. The number of fused-ring (bicyclic) bond motifs is 1. The lowest BCUT2D eigenvalue weighted by Crippen LogP contribution is -2.16. The second kappa shape index (κ2) is 4.25. The number of rotatable bonds is 1. The van der Waals surface area contributed by atoms with Crippen molar-refractivity contribution in [2.45, 2.75) is 12.8 Å². The highest BCUT2D eigenvalue weighted by molar-refractivity contribution is 5.62. The van der Waals surface area contributed by atoms with Crippen molar-refractivity contribution in [2.24, 2.45) is 7.05 Å². The molecule has 0 amide bonds. The topological polar surface area (TPSA) is 55.6 Å². The molecule has 0 radical (unpaired) electrons. The van der Waals surface area contributed by atoms with Crippen LogP contribution in [-0.4, -0.2) is 32.8 Å². The molecule has 0 aromatic carbocycles. The molecule has 88 valence electrons. The van der Waals surface area contributed by atoms with Gasteiger partial charge in [0.2, 0.25) is 0 Å². The van der Waals surface area contributed by atoms with Crippen molar-refractivity contribution in [2.75, 3.05) is 13.1 Å². The predicted octanol–water partition coefficient (Wildman–Crippen LogP) is 0.565. The van der Waals surface area contributed by atoms with Crippen molar-refractivity contribution in [1.29, 1.82) is 0 Å². The van der Waals surface area contributed by atoms with Gasteiger partial charge in [-0.2, -0.15) is 5.10 Å². The summed E-state index contributed by atoms with van der Waals surface area (Å²) in [5, 5.41) is 7.60. The van der Waals surface area contributed by atoms with Crippen LogP contribution in [0.1, 0.15) is 11.3 Å². The predicted molar refractivity (Wildman–Crippen MR) is 64.5 cm³/mol. The number of nitrogens with zero attached hydrogens (tertiary/aromatic N) is 4. The van der Waals surface area contributed by atoms with Gasteiger partial charge in [-0.25, -0.2) is 9.97 Å². The minimum Gasteiger partial charge on any atom is -0.316 e. The van der Waals surface area contributed by atoms with Crippen LogP contribution in [0.2, 0.25) is 0 Å². The van der Waals surface area contributed by atoms with Crippen LogP contribution < -0.4 is 5.32 Å². The number of hydrogen-bond acceptors (Lipinski definition) is 4. The summed E-state index contributed by atoms with van der Waals surface area (Å²) in [7, 11) is 1.92. The number of aromatic nitrogens is 4. The number of hydrogen-bond donors (Lipinski definition) is 1. The molecule has 5 nitrogen and oxygen atoms in total. The maximum Gasteiger partial charge on any atom is 0.116 e. The molecule has 0 bridgehead atoms. The van der Waals surface area contributed by atoms with Gasteiger partial charge in [0, 0.05) is 43.0 Å². The second-order valence-corrected chi connectivity index (χ2v) is 4.30. The lowest BCUT2D eigenvalue weighted by molar-refractivity contribution is 0.708. The van der Waals surface area contributed by atoms with Crippen LogP contribution in [0.5, 0.6) is 0 Å². The number of aryl methyl sites for hydroxylation is 1. The van der Waals surface area contributed by atoms with Crippen molar-refractivity contribution >= 4 is 0 Å². The molecule has 0 aliphatic carbocycles. The van der Waals surface area contributed by atoms with Gasteiger partial charge in [0.25, 0.3) is 0 Å². The van der Waals surface area contributed by atoms with Gasteiger partial charge in [0.05, 0.1) is 11.9 Å². The zero-order chi connectivity index (χ0) is 11.7. The molecule has 17 heavy (non-hydrogen) atoms. The molecular formula is C12H15N5. The molecule has 0 saturated heterocycles. The molecule has 0 unspecified atom stereocenters. The first kappa shape index (κ1) is 10.4. The van der Waals surface area contributed by atoms with E-state index in [1.54, 1.807) is 11.0 Å². The molecule has 5 heteroatoms. The molecule has 0 atom stereocenters. The Labute approximate surface area is 99.9 Å². The largest absolute Gasteiger partial charge is 0.316 e. The summed E-state index contributed by atoms with van der Waals surface area (Å²) in [6.07, 6.45) is 7.49. The van der Waals surface area contributed by atoms with E-state index in [1.807, 2.05) is 19.4 Å². The molecule has 0 fully saturated rings. The van der Waals surface area contributed by atoms with E-state index in [0.29, 0.717) is 0 Å². The monoisotopic (exact) mass is 229 g/mol. The van der Waals surface area contributed by atoms with E-state index >= 15 is 0 Å². The Morgan fingerprint density at radius 1 is 1.24 bits per heavy atom. The third-order valence-corrected chi connectivity index (χ3v) is 3.10. The Kier molecular flexibility index (Phi) is 2.60. The van der Waals surface area contributed by atoms with Crippen molar-refractivity contribution in [3.05, 3.63) is 30.0 Å². The summed E-state index contributed by atoms with van der Waals surface area (Å²) in [4.78, 5) is 8.82. The molecule has 3 rings (SSSR count). The van der Waals surface area contributed by atoms with E-state index in [4.69, 9.17) is 0 Å². The van der Waals surface area contributed by atoms with Gasteiger partial charge in [-0.05, 0) is 13.0 Å². The minimum atomic E-state index is 0.977. The highest BCUT2D eigenvalue weighted by Gasteiger charge is 2.15. The Morgan fingerprint density at radius 3 is 2.94 bits per heavy atom. The molecule has 2 aromatic heterocycles. The molecule has 0 saturated carbocycles. The van der Waals surface area contributed by atoms with Gasteiger partial charge in [-0.15, -0.1) is 0 Å². The first-order valence-electron chi connectivity index (χ1n) is 5.87. The van der Waals surface area contributed by atoms with E-state index in [2.05, 4.69) is 20.4 Å². The minimum absolute atomic E-state index is 0.977. The molecule has 1 aliphatic heterocycles. The second-order valence-electron chi connectivity index (χ2n) is 4.30. The standard InChI is InChI=1S/C12H15N5/c1-17-7-9(6-16-17)12-10-2-4-13-5-3-11(10)14-8-15-12/h6-8,13H,2-5H2,1H3. The smallest absolute Gasteiger partial charge is 0.116 e. The van der Waals surface area contributed by atoms with Crippen LogP contribution in [0.4, 0.5) is 0 Å². The fourth-order valence-corrected chi connectivity index (χ4v) is 2.26. The number of nitrogens with one attached hydrogen (secondary N) is 1. The summed E-state index contributed by atoms with van der Waals surface area (Å²) >= 11 is 0. The molecular weight excluding hydrogens is 214 g/mol. The van der Waals surface area contributed by atoms with Gasteiger partial charge in [-0.1, -0.05) is 0 Å². The van der Waals surface area contributed by atoms with E-state index in [0.717, 1.165) is 37.2 Å². The SMILES string of the molecule is Cn1cc(-c2ncnc3c2CCNCC3)cn1. The maximum atomic E-state index is 4.43. The third kappa shape index (κ3) is 1.93. The van der Waals surface area contributed by atoms with Crippen LogP contribution in [-0.2, 0) is 19.9 Å². The maximum absolute atomic E-state index is 4.43. The van der Waals surface area contributed by atoms with Crippen LogP contribution >= 0.6 is 0 Å². The summed E-state index contributed by atoms with van der Waals surface area (Å²) in [5.74, 6) is 0. The lowest BCUT2D eigenvalue weighted by Gasteiger charge is -2.08. The zero-order valence-electron chi connectivity index (χ0n) is 9.85. The van der Waals surface area contributed by atoms with Crippen molar-refractivity contribution in [1.82, 2.24) is 25.1 Å². The lowest BCUT2D eigenvalue weighted by atomic mass is 10.0. The Balaban J connectivity index is 2.11. The fraction of sp³-hybridized carbons (Fsp3) is 0.417. The van der Waals surface area contributed by atoms with Crippen LogP contribution in [0.3, 0.4) is 0 Å². The summed E-state index contributed by atoms with van der Waals surface area (Å²) < 4.78 is 1.80. The summed E-state index contributed by atoms with van der Waals surface area (Å²) in [6.45, 7) is 1.99. The van der Waals surface area contributed by atoms with Crippen molar-refractivity contribution in [3.8, 4) is 11.3 Å². The molecule has 3 heterocycles. The van der Waals surface area contributed by atoms with Crippen LogP contribution in [0.25, 0.3) is 11.3 Å². The first-order chi connectivity index (χ1) is 8.34. The Morgan fingerprint density at radius 2 is 2.12 bits per heavy atom. The van der Waals surface area contributed by atoms with Crippen molar-refractivity contribution in [3.63, 3.8) is 0 Å². The third-order valence-electron chi connectivity index (χ3n) is 3.10. The van der Waals surface area contributed by atoms with E-state index < -0.39 is 0 Å². The quantitative estimate of drug-likeness (QED) is 0.776. The van der Waals surface area contributed by atoms with Crippen LogP contribution in [0.15, 0.2) is 18.7 Å². The first-order valence-corrected chi connectivity index (χ1v) is 5.87. The van der Waals surface area contributed by atoms with E-state index in [1.165, 1.54) is 11.3 Å². The van der Waals surface area contributed by atoms with Gasteiger partial charge < -0.3 is 5.32 Å². The molecule has 1 aliphatic rings. The molecule has 2 aromatic rings. The Bertz CT molecular complexity index is 531. The highest BCUT2D eigenvalue weighted by atomic mass is 15.2. The van der Waals surface area contributed by atoms with Crippen LogP contribution in [0, 0.1) is 0 Å². The van der Waals surface area contributed by atoms with Gasteiger partial charge >= 0.3 is 0 Å². The normalized spacial score (nSPS) is 15.4. The van der Waals surface area contributed by atoms with Crippen molar-refractivity contribution < 1.29 is 0 Å². The van der Waals surface area contributed by atoms with E-state index in [-0.39, 0.29) is 0 Å². The fourth-order valence-electron chi connectivity index (χ4n) is 2.26. The van der Waals surface area contributed by atoms with Gasteiger partial charge in [-0.3, -0.25) is 4.68 Å². The average molecular weight is 229 g/mol. The van der Waals surface area contributed by atoms with E-state index in [9.17, 15) is 0 Å². The summed E-state index contributed by atoms with van der Waals surface area (Å²) in [5.41, 5.74) is 4.55. The highest BCUT2D eigenvalue weighted by Crippen LogP contribution is 2.23. The average Bonchev–Trinajstić information content (AvgIpc) is 2.63. The zero-order valence-corrected chi connectivity index (χ0v) is 9.85. The Hall–Kier alpha value is -1.75. The van der Waals surface area contributed by atoms with Gasteiger partial charge in [0.15, 0.2) is 0 Å². The van der Waals surface area contributed by atoms with Gasteiger partial charge in [0.1, 0.15) is 6.33 Å².